The molecule has 0 aliphatic carbocycles. The van der Waals surface area contributed by atoms with Crippen LogP contribution in [-0.2, 0) is 16.0 Å². The van der Waals surface area contributed by atoms with Crippen molar-refractivity contribution in [3.63, 3.8) is 0 Å². The van der Waals surface area contributed by atoms with E-state index in [1.807, 2.05) is 6.92 Å². The Hall–Kier alpha value is -2.42. The zero-order valence-electron chi connectivity index (χ0n) is 12.3. The lowest BCUT2D eigenvalue weighted by atomic mass is 10.2. The number of ether oxygens (including phenoxy) is 1. The predicted molar refractivity (Wildman–Crippen MR) is 79.2 cm³/mol. The summed E-state index contributed by atoms with van der Waals surface area (Å²) in [5.74, 6) is -3.48. The normalized spacial score (nSPS) is 11.8. The Balaban J connectivity index is 1.99. The second kappa shape index (κ2) is 7.23. The number of nitrogens with zero attached hydrogens (tertiary/aromatic N) is 2. The quantitative estimate of drug-likeness (QED) is 0.845. The largest absolute Gasteiger partial charge is 0.448 e. The highest BCUT2D eigenvalue weighted by Crippen LogP contribution is 2.16. The molecule has 0 spiro atoms. The van der Waals surface area contributed by atoms with E-state index in [1.54, 1.807) is 0 Å². The number of aryl methyl sites for hydroxylation is 1. The number of amides is 1. The Morgan fingerprint density at radius 3 is 2.74 bits per heavy atom. The highest BCUT2D eigenvalue weighted by molar-refractivity contribution is 7.07. The molecule has 0 unspecified atom stereocenters. The summed E-state index contributed by atoms with van der Waals surface area (Å²) < 4.78 is 34.6. The lowest BCUT2D eigenvalue weighted by Gasteiger charge is -2.13. The van der Waals surface area contributed by atoms with Crippen LogP contribution < -0.4 is 5.32 Å². The van der Waals surface area contributed by atoms with E-state index >= 15 is 0 Å². The lowest BCUT2D eigenvalue weighted by Crippen LogP contribution is -2.30. The summed E-state index contributed by atoms with van der Waals surface area (Å²) in [6, 6.07) is 2.93. The van der Waals surface area contributed by atoms with Crippen LogP contribution in [0.4, 0.5) is 14.5 Å². The number of halogens is 2. The van der Waals surface area contributed by atoms with Crippen LogP contribution in [0, 0.1) is 11.6 Å². The first-order valence-electron chi connectivity index (χ1n) is 6.70. The SMILES string of the molecule is CCc1nnsc1C(=O)O[C@@H](C)C(=O)Nc1ccc(F)c(F)c1. The number of rotatable bonds is 5. The van der Waals surface area contributed by atoms with Gasteiger partial charge in [0.05, 0.1) is 5.69 Å². The van der Waals surface area contributed by atoms with Crippen molar-refractivity contribution in [3.05, 3.63) is 40.4 Å². The third kappa shape index (κ3) is 4.07. The number of anilines is 1. The molecule has 0 radical (unpaired) electrons. The van der Waals surface area contributed by atoms with Gasteiger partial charge in [0.2, 0.25) is 0 Å². The van der Waals surface area contributed by atoms with E-state index in [-0.39, 0.29) is 10.6 Å². The first-order chi connectivity index (χ1) is 10.9. The Bertz CT molecular complexity index is 736. The molecule has 2 aromatic rings. The smallest absolute Gasteiger partial charge is 0.352 e. The Kier molecular flexibility index (Phi) is 5.32. The van der Waals surface area contributed by atoms with Gasteiger partial charge in [-0.25, -0.2) is 13.6 Å². The monoisotopic (exact) mass is 341 g/mol. The Morgan fingerprint density at radius 1 is 1.35 bits per heavy atom. The summed E-state index contributed by atoms with van der Waals surface area (Å²) in [7, 11) is 0. The van der Waals surface area contributed by atoms with Gasteiger partial charge in [-0.05, 0) is 37.0 Å². The molecule has 0 saturated carbocycles. The maximum Gasteiger partial charge on any atom is 0.352 e. The molecule has 1 aromatic carbocycles. The molecule has 1 N–H and O–H groups in total. The fraction of sp³-hybridized carbons (Fsp3) is 0.286. The van der Waals surface area contributed by atoms with Crippen molar-refractivity contribution in [2.75, 3.05) is 5.32 Å². The number of aromatic nitrogens is 2. The van der Waals surface area contributed by atoms with Gasteiger partial charge in [0, 0.05) is 11.8 Å². The molecule has 2 rings (SSSR count). The van der Waals surface area contributed by atoms with Crippen LogP contribution in [-0.4, -0.2) is 27.6 Å². The fourth-order valence-corrected chi connectivity index (χ4v) is 2.31. The van der Waals surface area contributed by atoms with Crippen LogP contribution >= 0.6 is 11.5 Å². The zero-order valence-corrected chi connectivity index (χ0v) is 13.1. The van der Waals surface area contributed by atoms with Crippen molar-refractivity contribution in [1.82, 2.24) is 9.59 Å². The molecule has 0 saturated heterocycles. The van der Waals surface area contributed by atoms with E-state index in [2.05, 4.69) is 14.9 Å². The van der Waals surface area contributed by atoms with Crippen LogP contribution in [0.5, 0.6) is 0 Å². The number of hydrogen-bond donors (Lipinski definition) is 1. The average molecular weight is 341 g/mol. The van der Waals surface area contributed by atoms with E-state index in [1.165, 1.54) is 13.0 Å². The minimum absolute atomic E-state index is 0.0607. The van der Waals surface area contributed by atoms with Crippen molar-refractivity contribution in [2.45, 2.75) is 26.4 Å². The molecule has 0 aliphatic rings. The molecule has 1 atom stereocenters. The zero-order chi connectivity index (χ0) is 17.0. The Morgan fingerprint density at radius 2 is 2.09 bits per heavy atom. The van der Waals surface area contributed by atoms with Crippen LogP contribution in [0.2, 0.25) is 0 Å². The van der Waals surface area contributed by atoms with Crippen LogP contribution in [0.1, 0.15) is 29.2 Å². The van der Waals surface area contributed by atoms with Gasteiger partial charge in [-0.2, -0.15) is 0 Å². The van der Waals surface area contributed by atoms with Crippen molar-refractivity contribution in [1.29, 1.82) is 0 Å². The maximum atomic E-state index is 13.1. The van der Waals surface area contributed by atoms with E-state index in [4.69, 9.17) is 4.74 Å². The number of carbonyl (C=O) groups excluding carboxylic acids is 2. The third-order valence-electron chi connectivity index (χ3n) is 2.92. The first-order valence-corrected chi connectivity index (χ1v) is 7.47. The summed E-state index contributed by atoms with van der Waals surface area (Å²) in [5, 5.41) is 6.12. The standard InChI is InChI=1S/C14H13F2N3O3S/c1-3-11-12(23-19-18-11)14(21)22-7(2)13(20)17-8-4-5-9(15)10(16)6-8/h4-7H,3H2,1-2H3,(H,17,20)/t7-/m0/s1. The molecule has 6 nitrogen and oxygen atoms in total. The Labute approximate surface area is 134 Å². The molecule has 9 heteroatoms. The van der Waals surface area contributed by atoms with Crippen molar-refractivity contribution < 1.29 is 23.1 Å². The van der Waals surface area contributed by atoms with Gasteiger partial charge in [0.25, 0.3) is 5.91 Å². The highest BCUT2D eigenvalue weighted by Gasteiger charge is 2.23. The summed E-state index contributed by atoms with van der Waals surface area (Å²) in [6.07, 6.45) is -0.612. The molecule has 122 valence electrons. The van der Waals surface area contributed by atoms with E-state index in [9.17, 15) is 18.4 Å². The van der Waals surface area contributed by atoms with Crippen LogP contribution in [0.15, 0.2) is 18.2 Å². The molecule has 1 amide bonds. The van der Waals surface area contributed by atoms with Crippen molar-refractivity contribution in [3.8, 4) is 0 Å². The van der Waals surface area contributed by atoms with Gasteiger partial charge < -0.3 is 10.1 Å². The number of benzene rings is 1. The first kappa shape index (κ1) is 16.9. The molecule has 1 heterocycles. The van der Waals surface area contributed by atoms with Gasteiger partial charge in [-0.1, -0.05) is 11.4 Å². The van der Waals surface area contributed by atoms with Gasteiger partial charge >= 0.3 is 5.97 Å². The number of esters is 1. The van der Waals surface area contributed by atoms with E-state index in [0.717, 1.165) is 23.7 Å². The molecule has 0 bridgehead atoms. The van der Waals surface area contributed by atoms with E-state index < -0.39 is 29.6 Å². The summed E-state index contributed by atoms with van der Waals surface area (Å²) >= 11 is 0.885. The van der Waals surface area contributed by atoms with Gasteiger partial charge in [-0.15, -0.1) is 5.10 Å². The number of nitrogens with one attached hydrogen (secondary N) is 1. The molecule has 1 aromatic heterocycles. The average Bonchev–Trinajstić information content (AvgIpc) is 2.99. The van der Waals surface area contributed by atoms with Crippen LogP contribution in [0.25, 0.3) is 0 Å². The second-order valence-corrected chi connectivity index (χ2v) is 5.32. The molecule has 0 fully saturated rings. The van der Waals surface area contributed by atoms with Gasteiger partial charge in [-0.3, -0.25) is 4.79 Å². The third-order valence-corrected chi connectivity index (χ3v) is 3.66. The second-order valence-electron chi connectivity index (χ2n) is 4.57. The molecular weight excluding hydrogens is 328 g/mol. The topological polar surface area (TPSA) is 81.2 Å². The maximum absolute atomic E-state index is 13.1. The minimum Gasteiger partial charge on any atom is -0.448 e. The lowest BCUT2D eigenvalue weighted by molar-refractivity contribution is -0.123. The molecular formula is C14H13F2N3O3S. The minimum atomic E-state index is -1.12. The van der Waals surface area contributed by atoms with Crippen molar-refractivity contribution in [2.24, 2.45) is 0 Å². The van der Waals surface area contributed by atoms with Gasteiger partial charge in [0.15, 0.2) is 22.6 Å². The van der Waals surface area contributed by atoms with Gasteiger partial charge in [0.1, 0.15) is 0 Å². The number of carbonyl (C=O) groups is 2. The molecule has 23 heavy (non-hydrogen) atoms. The summed E-state index contributed by atoms with van der Waals surface area (Å²) in [6.45, 7) is 3.18. The summed E-state index contributed by atoms with van der Waals surface area (Å²) in [5.41, 5.74) is 0.554. The van der Waals surface area contributed by atoms with E-state index in [0.29, 0.717) is 12.1 Å². The number of hydrogen-bond acceptors (Lipinski definition) is 6. The highest BCUT2D eigenvalue weighted by atomic mass is 32.1. The fourth-order valence-electron chi connectivity index (χ4n) is 1.68. The predicted octanol–water partition coefficient (Wildman–Crippen LogP) is 2.56. The molecule has 0 aliphatic heterocycles. The van der Waals surface area contributed by atoms with Crippen LogP contribution in [0.3, 0.4) is 0 Å². The summed E-state index contributed by atoms with van der Waals surface area (Å²) in [4.78, 5) is 24.1. The van der Waals surface area contributed by atoms with Crippen molar-refractivity contribution >= 4 is 29.1 Å².